The van der Waals surface area contributed by atoms with Crippen molar-refractivity contribution >= 4 is 28.4 Å². The molecule has 2 aromatic carbocycles. The number of hydrogen-bond donors (Lipinski definition) is 1. The number of piperidine rings is 1. The average Bonchev–Trinajstić information content (AvgIpc) is 2.80. The normalized spacial score (nSPS) is 14.7. The predicted octanol–water partition coefficient (Wildman–Crippen LogP) is 3.72. The second-order valence-corrected chi connectivity index (χ2v) is 8.66. The summed E-state index contributed by atoms with van der Waals surface area (Å²) in [6.07, 6.45) is 4.74. The van der Waals surface area contributed by atoms with Gasteiger partial charge in [-0.15, -0.1) is 0 Å². The van der Waals surface area contributed by atoms with Crippen molar-refractivity contribution in [1.29, 1.82) is 0 Å². The molecule has 1 aromatic heterocycles. The summed E-state index contributed by atoms with van der Waals surface area (Å²) in [6, 6.07) is 14.0. The Morgan fingerprint density at radius 1 is 1.16 bits per heavy atom. The first kappa shape index (κ1) is 22.0. The van der Waals surface area contributed by atoms with Crippen LogP contribution in [-0.2, 0) is 11.2 Å². The molecule has 3 aromatic rings. The summed E-state index contributed by atoms with van der Waals surface area (Å²) in [5.74, 6) is 2.27. The number of para-hydroxylation sites is 2. The zero-order chi connectivity index (χ0) is 22.5. The Labute approximate surface area is 189 Å². The maximum Gasteiger partial charge on any atom is 0.236 e. The van der Waals surface area contributed by atoms with Gasteiger partial charge in [0.15, 0.2) is 0 Å². The molecule has 0 aliphatic carbocycles. The third kappa shape index (κ3) is 5.34. The number of fused-ring (bicyclic) bond motifs is 1. The highest BCUT2D eigenvalue weighted by molar-refractivity contribution is 5.78. The van der Waals surface area contributed by atoms with E-state index < -0.39 is 0 Å². The Hall–Kier alpha value is -3.19. The third-order valence-corrected chi connectivity index (χ3v) is 5.96. The maximum atomic E-state index is 12.3. The number of likely N-dealkylation sites (tertiary alicyclic amines) is 1. The SMILES string of the molecule is COc1ccc(CC2CCN(C(=O)CN(C)C)CC2)c(Nc2cnc3ccccc3n2)c1. The van der Waals surface area contributed by atoms with Crippen molar-refractivity contribution < 1.29 is 9.53 Å². The smallest absolute Gasteiger partial charge is 0.236 e. The molecule has 7 heteroatoms. The van der Waals surface area contributed by atoms with Crippen LogP contribution in [0.1, 0.15) is 18.4 Å². The van der Waals surface area contributed by atoms with Crippen LogP contribution in [0.25, 0.3) is 11.0 Å². The van der Waals surface area contributed by atoms with E-state index in [0.29, 0.717) is 18.3 Å². The molecule has 0 saturated carbocycles. The van der Waals surface area contributed by atoms with E-state index >= 15 is 0 Å². The van der Waals surface area contributed by atoms with E-state index in [2.05, 4.69) is 16.4 Å². The molecule has 1 aliphatic rings. The Balaban J connectivity index is 1.47. The number of benzene rings is 2. The van der Waals surface area contributed by atoms with Crippen molar-refractivity contribution in [3.63, 3.8) is 0 Å². The van der Waals surface area contributed by atoms with Crippen molar-refractivity contribution in [3.05, 3.63) is 54.2 Å². The predicted molar refractivity (Wildman–Crippen MR) is 127 cm³/mol. The number of carbonyl (C=O) groups is 1. The average molecular weight is 434 g/mol. The van der Waals surface area contributed by atoms with Gasteiger partial charge >= 0.3 is 0 Å². The minimum atomic E-state index is 0.218. The molecule has 0 bridgehead atoms. The highest BCUT2D eigenvalue weighted by Gasteiger charge is 2.24. The second kappa shape index (κ2) is 9.96. The molecule has 168 valence electrons. The van der Waals surface area contributed by atoms with Crippen LogP contribution >= 0.6 is 0 Å². The number of hydrogen-bond acceptors (Lipinski definition) is 6. The molecule has 1 amide bonds. The molecule has 32 heavy (non-hydrogen) atoms. The first-order chi connectivity index (χ1) is 15.5. The first-order valence-electron chi connectivity index (χ1n) is 11.1. The second-order valence-electron chi connectivity index (χ2n) is 8.66. The van der Waals surface area contributed by atoms with Gasteiger partial charge in [0.2, 0.25) is 5.91 Å². The molecular weight excluding hydrogens is 402 g/mol. The number of amides is 1. The van der Waals surface area contributed by atoms with Crippen molar-refractivity contribution in [2.45, 2.75) is 19.3 Å². The molecule has 0 unspecified atom stereocenters. The Kier molecular flexibility index (Phi) is 6.85. The lowest BCUT2D eigenvalue weighted by Gasteiger charge is -2.33. The molecule has 0 atom stereocenters. The molecule has 0 radical (unpaired) electrons. The lowest BCUT2D eigenvalue weighted by Crippen LogP contribution is -2.42. The summed E-state index contributed by atoms with van der Waals surface area (Å²) in [4.78, 5) is 25.5. The molecule has 0 spiro atoms. The van der Waals surface area contributed by atoms with Crippen molar-refractivity contribution in [3.8, 4) is 5.75 Å². The quantitative estimate of drug-likeness (QED) is 0.612. The number of likely N-dealkylation sites (N-methyl/N-ethyl adjacent to an activating group) is 1. The van der Waals surface area contributed by atoms with E-state index in [9.17, 15) is 4.79 Å². The van der Waals surface area contributed by atoms with Gasteiger partial charge in [0.1, 0.15) is 11.6 Å². The maximum absolute atomic E-state index is 12.3. The van der Waals surface area contributed by atoms with Gasteiger partial charge in [0.05, 0.1) is 30.9 Å². The number of aromatic nitrogens is 2. The number of nitrogens with one attached hydrogen (secondary N) is 1. The fraction of sp³-hybridized carbons (Fsp3) is 0.400. The van der Waals surface area contributed by atoms with Gasteiger partial charge in [0.25, 0.3) is 0 Å². The highest BCUT2D eigenvalue weighted by Crippen LogP contribution is 2.30. The number of nitrogens with zero attached hydrogens (tertiary/aromatic N) is 4. The summed E-state index contributed by atoms with van der Waals surface area (Å²) in [5.41, 5.74) is 3.94. The van der Waals surface area contributed by atoms with Gasteiger partial charge in [-0.2, -0.15) is 0 Å². The van der Waals surface area contributed by atoms with Crippen molar-refractivity contribution in [1.82, 2.24) is 19.8 Å². The number of anilines is 2. The molecule has 1 aliphatic heterocycles. The fourth-order valence-corrected chi connectivity index (χ4v) is 4.20. The van der Waals surface area contributed by atoms with E-state index in [-0.39, 0.29) is 5.91 Å². The summed E-state index contributed by atoms with van der Waals surface area (Å²) in [5, 5.41) is 3.45. The number of rotatable bonds is 7. The van der Waals surface area contributed by atoms with Crippen LogP contribution in [0, 0.1) is 5.92 Å². The Morgan fingerprint density at radius 3 is 2.62 bits per heavy atom. The fourth-order valence-electron chi connectivity index (χ4n) is 4.20. The van der Waals surface area contributed by atoms with Crippen molar-refractivity contribution in [2.75, 3.05) is 46.2 Å². The van der Waals surface area contributed by atoms with Crippen LogP contribution in [0.15, 0.2) is 48.7 Å². The topological polar surface area (TPSA) is 70.6 Å². The third-order valence-electron chi connectivity index (χ3n) is 5.96. The van der Waals surface area contributed by atoms with E-state index in [1.165, 1.54) is 5.56 Å². The molecule has 1 N–H and O–H groups in total. The molecule has 1 saturated heterocycles. The standard InChI is InChI=1S/C25H31N5O2/c1-29(2)17-25(31)30-12-10-18(11-13-30)14-19-8-9-20(32-3)15-23(19)28-24-16-26-21-6-4-5-7-22(21)27-24/h4-9,15-16,18H,10-14,17H2,1-3H3,(H,27,28). The lowest BCUT2D eigenvalue weighted by atomic mass is 9.89. The first-order valence-corrected chi connectivity index (χ1v) is 11.1. The van der Waals surface area contributed by atoms with Crippen molar-refractivity contribution in [2.24, 2.45) is 5.92 Å². The van der Waals surface area contributed by atoms with Gasteiger partial charge in [0, 0.05) is 24.8 Å². The molecule has 7 nitrogen and oxygen atoms in total. The van der Waals surface area contributed by atoms with Gasteiger partial charge in [-0.05, 0) is 63.0 Å². The molecule has 1 fully saturated rings. The summed E-state index contributed by atoms with van der Waals surface area (Å²) >= 11 is 0. The van der Waals surface area contributed by atoms with Crippen LogP contribution in [0.5, 0.6) is 5.75 Å². The van der Waals surface area contributed by atoms with E-state index in [4.69, 9.17) is 9.72 Å². The minimum absolute atomic E-state index is 0.218. The highest BCUT2D eigenvalue weighted by atomic mass is 16.5. The Bertz CT molecular complexity index is 1080. The molecule has 2 heterocycles. The zero-order valence-electron chi connectivity index (χ0n) is 19.0. The number of carbonyl (C=O) groups excluding carboxylic acids is 1. The van der Waals surface area contributed by atoms with Gasteiger partial charge < -0.3 is 19.9 Å². The summed E-state index contributed by atoms with van der Waals surface area (Å²) < 4.78 is 5.46. The van der Waals surface area contributed by atoms with Crippen LogP contribution in [0.2, 0.25) is 0 Å². The monoisotopic (exact) mass is 433 g/mol. The summed E-state index contributed by atoms with van der Waals surface area (Å²) in [6.45, 7) is 2.13. The molecule has 4 rings (SSSR count). The Morgan fingerprint density at radius 2 is 1.91 bits per heavy atom. The largest absolute Gasteiger partial charge is 0.497 e. The van der Waals surface area contributed by atoms with Gasteiger partial charge in [-0.25, -0.2) is 4.98 Å². The lowest BCUT2D eigenvalue weighted by molar-refractivity contribution is -0.133. The zero-order valence-corrected chi connectivity index (χ0v) is 19.0. The van der Waals surface area contributed by atoms with Gasteiger partial charge in [-0.3, -0.25) is 9.78 Å². The van der Waals surface area contributed by atoms with Crippen LogP contribution in [-0.4, -0.2) is 66.5 Å². The summed E-state index contributed by atoms with van der Waals surface area (Å²) in [7, 11) is 5.54. The van der Waals surface area contributed by atoms with Gasteiger partial charge in [-0.1, -0.05) is 18.2 Å². The van der Waals surface area contributed by atoms with E-state index in [1.807, 2.05) is 60.3 Å². The van der Waals surface area contributed by atoms with Crippen LogP contribution < -0.4 is 10.1 Å². The minimum Gasteiger partial charge on any atom is -0.497 e. The van der Waals surface area contributed by atoms with Crippen LogP contribution in [0.3, 0.4) is 0 Å². The van der Waals surface area contributed by atoms with Crippen LogP contribution in [0.4, 0.5) is 11.5 Å². The number of methoxy groups -OCH3 is 1. The van der Waals surface area contributed by atoms with E-state index in [1.54, 1.807) is 13.3 Å². The number of ether oxygens (including phenoxy) is 1. The molecular formula is C25H31N5O2. The van der Waals surface area contributed by atoms with E-state index in [0.717, 1.165) is 54.8 Å².